The molecule has 1 amide bonds. The van der Waals surface area contributed by atoms with Crippen molar-refractivity contribution in [1.29, 1.82) is 0 Å². The summed E-state index contributed by atoms with van der Waals surface area (Å²) in [6, 6.07) is 4.87. The number of carboxylic acids is 1. The van der Waals surface area contributed by atoms with Crippen LogP contribution in [-0.2, 0) is 9.53 Å². The Labute approximate surface area is 122 Å². The van der Waals surface area contributed by atoms with E-state index in [-0.39, 0.29) is 23.8 Å². The van der Waals surface area contributed by atoms with Crippen LogP contribution in [0.2, 0.25) is 0 Å². The average molecular weight is 288 g/mol. The lowest BCUT2D eigenvalue weighted by atomic mass is 10.0. The Hall–Kier alpha value is -2.21. The van der Waals surface area contributed by atoms with E-state index in [4.69, 9.17) is 9.84 Å². The number of amides is 1. The van der Waals surface area contributed by atoms with Gasteiger partial charge in [-0.3, -0.25) is 4.79 Å². The third-order valence-corrected chi connectivity index (χ3v) is 3.96. The number of ether oxygens (including phenoxy) is 1. The molecule has 1 aromatic carbocycles. The molecule has 6 heteroatoms. The van der Waals surface area contributed by atoms with Gasteiger partial charge in [0.15, 0.2) is 0 Å². The highest BCUT2D eigenvalue weighted by Crippen LogP contribution is 2.29. The normalized spacial score (nSPS) is 21.8. The minimum absolute atomic E-state index is 0.123. The molecule has 0 radical (unpaired) electrons. The molecule has 1 atom stereocenters. The van der Waals surface area contributed by atoms with Gasteiger partial charge in [-0.1, -0.05) is 6.07 Å². The summed E-state index contributed by atoms with van der Waals surface area (Å²) in [5.41, 5.74) is 2.10. The summed E-state index contributed by atoms with van der Waals surface area (Å²) >= 11 is 0. The standard InChI is InChI=1S/C15H16N2O4/c1-9-11(15(19)20)3-2-4-13(9)17-14(18)7-12(16-17)10-5-6-21-8-10/h2-4,10H,5-8H2,1H3,(H,19,20). The first-order valence-corrected chi connectivity index (χ1v) is 6.89. The molecular formula is C15H16N2O4. The van der Waals surface area contributed by atoms with Crippen molar-refractivity contribution in [2.45, 2.75) is 19.8 Å². The smallest absolute Gasteiger partial charge is 0.336 e. The van der Waals surface area contributed by atoms with Crippen molar-refractivity contribution in [1.82, 2.24) is 0 Å². The van der Waals surface area contributed by atoms with Gasteiger partial charge in [0.2, 0.25) is 0 Å². The Kier molecular flexibility index (Phi) is 3.47. The Morgan fingerprint density at radius 3 is 2.95 bits per heavy atom. The Balaban J connectivity index is 1.95. The fourth-order valence-electron chi connectivity index (χ4n) is 2.75. The van der Waals surface area contributed by atoms with Crippen LogP contribution in [0.3, 0.4) is 0 Å². The molecule has 2 heterocycles. The Bertz CT molecular complexity index is 633. The molecule has 21 heavy (non-hydrogen) atoms. The number of carbonyl (C=O) groups is 2. The van der Waals surface area contributed by atoms with Gasteiger partial charge in [-0.25, -0.2) is 9.80 Å². The predicted octanol–water partition coefficient (Wildman–Crippen LogP) is 1.82. The van der Waals surface area contributed by atoms with Crippen LogP contribution in [0.4, 0.5) is 5.69 Å². The van der Waals surface area contributed by atoms with Crippen LogP contribution in [0.15, 0.2) is 23.3 Å². The van der Waals surface area contributed by atoms with Gasteiger partial charge in [-0.15, -0.1) is 0 Å². The minimum Gasteiger partial charge on any atom is -0.478 e. The van der Waals surface area contributed by atoms with Crippen molar-refractivity contribution in [3.8, 4) is 0 Å². The molecule has 1 unspecified atom stereocenters. The summed E-state index contributed by atoms with van der Waals surface area (Å²) < 4.78 is 5.33. The van der Waals surface area contributed by atoms with Gasteiger partial charge in [0.25, 0.3) is 5.91 Å². The topological polar surface area (TPSA) is 79.2 Å². The van der Waals surface area contributed by atoms with Crippen LogP contribution in [0.25, 0.3) is 0 Å². The molecule has 1 N–H and O–H groups in total. The van der Waals surface area contributed by atoms with Crippen LogP contribution < -0.4 is 5.01 Å². The number of anilines is 1. The zero-order chi connectivity index (χ0) is 15.0. The molecular weight excluding hydrogens is 272 g/mol. The molecule has 0 aliphatic carbocycles. The number of hydrogen-bond donors (Lipinski definition) is 1. The first-order chi connectivity index (χ1) is 10.1. The van der Waals surface area contributed by atoms with E-state index in [0.29, 0.717) is 24.5 Å². The lowest BCUT2D eigenvalue weighted by molar-refractivity contribution is -0.116. The molecule has 2 aliphatic rings. The van der Waals surface area contributed by atoms with Crippen LogP contribution in [0.1, 0.15) is 28.8 Å². The van der Waals surface area contributed by atoms with E-state index >= 15 is 0 Å². The molecule has 0 saturated carbocycles. The van der Waals surface area contributed by atoms with Crippen LogP contribution in [0, 0.1) is 12.8 Å². The van der Waals surface area contributed by atoms with Crippen molar-refractivity contribution in [3.05, 3.63) is 29.3 Å². The maximum atomic E-state index is 12.2. The van der Waals surface area contributed by atoms with Crippen LogP contribution >= 0.6 is 0 Å². The van der Waals surface area contributed by atoms with Crippen LogP contribution in [-0.4, -0.2) is 35.9 Å². The van der Waals surface area contributed by atoms with E-state index in [1.54, 1.807) is 19.1 Å². The van der Waals surface area contributed by atoms with Crippen molar-refractivity contribution in [2.75, 3.05) is 18.2 Å². The summed E-state index contributed by atoms with van der Waals surface area (Å²) in [6.07, 6.45) is 1.17. The van der Waals surface area contributed by atoms with Gasteiger partial charge in [0.1, 0.15) is 0 Å². The van der Waals surface area contributed by atoms with E-state index in [0.717, 1.165) is 12.1 Å². The third-order valence-electron chi connectivity index (χ3n) is 3.96. The first kappa shape index (κ1) is 13.8. The fraction of sp³-hybridized carbons (Fsp3) is 0.400. The number of nitrogens with zero attached hydrogens (tertiary/aromatic N) is 2. The lowest BCUT2D eigenvalue weighted by Crippen LogP contribution is -2.21. The number of hydrazone groups is 1. The highest BCUT2D eigenvalue weighted by Gasteiger charge is 2.33. The van der Waals surface area contributed by atoms with Gasteiger partial charge < -0.3 is 9.84 Å². The lowest BCUT2D eigenvalue weighted by Gasteiger charge is -2.15. The maximum absolute atomic E-state index is 12.2. The molecule has 1 aromatic rings. The average Bonchev–Trinajstić information content (AvgIpc) is 3.08. The number of aromatic carboxylic acids is 1. The maximum Gasteiger partial charge on any atom is 0.336 e. The van der Waals surface area contributed by atoms with Crippen molar-refractivity contribution in [2.24, 2.45) is 11.0 Å². The van der Waals surface area contributed by atoms with Gasteiger partial charge in [0, 0.05) is 12.5 Å². The van der Waals surface area contributed by atoms with Gasteiger partial charge >= 0.3 is 5.97 Å². The molecule has 110 valence electrons. The van der Waals surface area contributed by atoms with Crippen molar-refractivity contribution < 1.29 is 19.4 Å². The van der Waals surface area contributed by atoms with E-state index in [1.807, 2.05) is 0 Å². The molecule has 0 bridgehead atoms. The molecule has 0 aromatic heterocycles. The second-order valence-electron chi connectivity index (χ2n) is 5.29. The summed E-state index contributed by atoms with van der Waals surface area (Å²) in [5, 5.41) is 14.9. The molecule has 3 rings (SSSR count). The monoisotopic (exact) mass is 288 g/mol. The van der Waals surface area contributed by atoms with E-state index in [1.165, 1.54) is 11.1 Å². The molecule has 1 fully saturated rings. The quantitative estimate of drug-likeness (QED) is 0.920. The third kappa shape index (κ3) is 2.42. The molecule has 1 saturated heterocycles. The highest BCUT2D eigenvalue weighted by atomic mass is 16.5. The zero-order valence-corrected chi connectivity index (χ0v) is 11.7. The first-order valence-electron chi connectivity index (χ1n) is 6.89. The summed E-state index contributed by atoms with van der Waals surface area (Å²) in [4.78, 5) is 23.4. The number of carbonyl (C=O) groups excluding carboxylic acids is 1. The van der Waals surface area contributed by atoms with Gasteiger partial charge in [0.05, 0.1) is 30.0 Å². The number of benzene rings is 1. The second-order valence-corrected chi connectivity index (χ2v) is 5.29. The largest absolute Gasteiger partial charge is 0.478 e. The Morgan fingerprint density at radius 1 is 1.48 bits per heavy atom. The number of hydrogen-bond acceptors (Lipinski definition) is 4. The Morgan fingerprint density at radius 2 is 2.29 bits per heavy atom. The summed E-state index contributed by atoms with van der Waals surface area (Å²) in [6.45, 7) is 3.00. The van der Waals surface area contributed by atoms with Gasteiger partial charge in [-0.2, -0.15) is 5.10 Å². The van der Waals surface area contributed by atoms with Gasteiger partial charge in [-0.05, 0) is 31.0 Å². The molecule has 0 spiro atoms. The van der Waals surface area contributed by atoms with Crippen LogP contribution in [0.5, 0.6) is 0 Å². The number of carboxylic acid groups (broad SMARTS) is 1. The van der Waals surface area contributed by atoms with Crippen molar-refractivity contribution >= 4 is 23.3 Å². The molecule has 6 nitrogen and oxygen atoms in total. The molecule has 2 aliphatic heterocycles. The minimum atomic E-state index is -1.01. The predicted molar refractivity (Wildman–Crippen MR) is 76.6 cm³/mol. The summed E-state index contributed by atoms with van der Waals surface area (Å²) in [7, 11) is 0. The van der Waals surface area contributed by atoms with Crippen molar-refractivity contribution in [3.63, 3.8) is 0 Å². The zero-order valence-electron chi connectivity index (χ0n) is 11.7. The SMILES string of the molecule is Cc1c(C(=O)O)cccc1N1N=C(C2CCOC2)CC1=O. The fourth-order valence-corrected chi connectivity index (χ4v) is 2.75. The number of rotatable bonds is 3. The highest BCUT2D eigenvalue weighted by molar-refractivity contribution is 6.14. The van der Waals surface area contributed by atoms with E-state index in [9.17, 15) is 9.59 Å². The summed E-state index contributed by atoms with van der Waals surface area (Å²) in [5.74, 6) is -0.932. The van der Waals surface area contributed by atoms with E-state index < -0.39 is 5.97 Å². The van der Waals surface area contributed by atoms with E-state index in [2.05, 4.69) is 5.10 Å². The second kappa shape index (κ2) is 5.29.